The van der Waals surface area contributed by atoms with Crippen LogP contribution in [-0.4, -0.2) is 9.82 Å². The second-order valence-electron chi connectivity index (χ2n) is 12.5. The maximum absolute atomic E-state index is 5.45. The van der Waals surface area contributed by atoms with Gasteiger partial charge in [0.05, 0.1) is 16.4 Å². The summed E-state index contributed by atoms with van der Waals surface area (Å²) in [6.07, 6.45) is 27.6. The van der Waals surface area contributed by atoms with Crippen LogP contribution >= 0.6 is 25.3 Å². The highest BCUT2D eigenvalue weighted by Gasteiger charge is 2.45. The van der Waals surface area contributed by atoms with Gasteiger partial charge in [-0.3, -0.25) is 0 Å². The van der Waals surface area contributed by atoms with Crippen LogP contribution < -0.4 is 5.32 Å². The van der Waals surface area contributed by atoms with Crippen LogP contribution in [0.15, 0.2) is 199 Å². The largest absolute Gasteiger partial charge is 0.362 e. The Balaban J connectivity index is 1.47. The Bertz CT molecular complexity index is 2290. The summed E-state index contributed by atoms with van der Waals surface area (Å²) in [5, 5.41) is 5.67. The lowest BCUT2D eigenvalue weighted by Crippen LogP contribution is -2.40. The van der Waals surface area contributed by atoms with Crippen LogP contribution in [0.3, 0.4) is 0 Å². The van der Waals surface area contributed by atoms with Crippen molar-refractivity contribution in [3.05, 3.63) is 216 Å². The van der Waals surface area contributed by atoms with Crippen molar-refractivity contribution in [3.63, 3.8) is 0 Å². The molecule has 4 aromatic carbocycles. The molecule has 0 amide bonds. The first-order valence-corrected chi connectivity index (χ1v) is 17.9. The minimum Gasteiger partial charge on any atom is -0.362 e. The highest BCUT2D eigenvalue weighted by Crippen LogP contribution is 2.53. The van der Waals surface area contributed by atoms with Crippen molar-refractivity contribution < 1.29 is 0 Å². The van der Waals surface area contributed by atoms with Gasteiger partial charge in [-0.2, -0.15) is 12.6 Å². The van der Waals surface area contributed by atoms with Crippen molar-refractivity contribution in [3.8, 4) is 5.69 Å². The van der Waals surface area contributed by atoms with Gasteiger partial charge in [0.2, 0.25) is 0 Å². The van der Waals surface area contributed by atoms with Gasteiger partial charge < -0.3 is 9.88 Å². The molecular formula is C46H40N2S2. The van der Waals surface area contributed by atoms with E-state index in [2.05, 4.69) is 163 Å². The number of thiol groups is 2. The van der Waals surface area contributed by atoms with Gasteiger partial charge in [-0.15, -0.1) is 12.6 Å². The van der Waals surface area contributed by atoms with Gasteiger partial charge in [0.25, 0.3) is 0 Å². The molecule has 0 saturated heterocycles. The van der Waals surface area contributed by atoms with Crippen molar-refractivity contribution in [2.75, 3.05) is 0 Å². The van der Waals surface area contributed by atoms with Gasteiger partial charge in [0, 0.05) is 44.4 Å². The van der Waals surface area contributed by atoms with E-state index >= 15 is 0 Å². The summed E-state index contributed by atoms with van der Waals surface area (Å²) in [4.78, 5) is 0.960. The smallest absolute Gasteiger partial charge is 0.0544 e. The number of allylic oxidation sites excluding steroid dienone is 11. The lowest BCUT2D eigenvalue weighted by Gasteiger charge is -2.44. The van der Waals surface area contributed by atoms with E-state index in [0.717, 1.165) is 28.3 Å². The molecule has 0 bridgehead atoms. The Hall–Kier alpha value is -5.16. The SMILES string of the molecule is C=C/C=C\C=C/C1(C2=C(S)C=CCC2c2ccc3c4ccccc4n(-c4ccccc4)c3c2)c2ccccc2/C=C(N/C=C\C=C)\C=C/C1S. The number of hydrogen-bond acceptors (Lipinski definition) is 3. The van der Waals surface area contributed by atoms with Crippen molar-refractivity contribution in [2.24, 2.45) is 0 Å². The van der Waals surface area contributed by atoms with Gasteiger partial charge in [-0.25, -0.2) is 0 Å². The third-order valence-electron chi connectivity index (χ3n) is 9.67. The number of para-hydroxylation sites is 2. The van der Waals surface area contributed by atoms with E-state index in [9.17, 15) is 0 Å². The van der Waals surface area contributed by atoms with Crippen molar-refractivity contribution in [1.29, 1.82) is 0 Å². The minimum atomic E-state index is -0.645. The van der Waals surface area contributed by atoms with Crippen molar-refractivity contribution >= 4 is 53.1 Å². The van der Waals surface area contributed by atoms with Crippen LogP contribution in [0.2, 0.25) is 0 Å². The first-order valence-electron chi connectivity index (χ1n) is 16.9. The van der Waals surface area contributed by atoms with Gasteiger partial charge in [0.1, 0.15) is 0 Å². The van der Waals surface area contributed by atoms with Crippen LogP contribution in [0.4, 0.5) is 0 Å². The van der Waals surface area contributed by atoms with Crippen LogP contribution in [-0.2, 0) is 5.41 Å². The fourth-order valence-electron chi connectivity index (χ4n) is 7.52. The summed E-state index contributed by atoms with van der Waals surface area (Å²) in [5.41, 5.74) is 8.61. The van der Waals surface area contributed by atoms with E-state index in [1.807, 2.05) is 24.4 Å². The summed E-state index contributed by atoms with van der Waals surface area (Å²) >= 11 is 10.7. The second-order valence-corrected chi connectivity index (χ2v) is 13.6. The molecule has 1 heterocycles. The van der Waals surface area contributed by atoms with Crippen molar-refractivity contribution in [1.82, 2.24) is 9.88 Å². The number of aromatic nitrogens is 1. The van der Waals surface area contributed by atoms with Gasteiger partial charge in [0.15, 0.2) is 0 Å². The predicted octanol–water partition coefficient (Wildman–Crippen LogP) is 11.7. The Morgan fingerprint density at radius 1 is 0.780 bits per heavy atom. The normalized spacial score (nSPS) is 22.5. The maximum Gasteiger partial charge on any atom is 0.0544 e. The zero-order valence-electron chi connectivity index (χ0n) is 27.9. The summed E-state index contributed by atoms with van der Waals surface area (Å²) < 4.78 is 2.39. The van der Waals surface area contributed by atoms with Gasteiger partial charge in [-0.05, 0) is 71.2 Å². The van der Waals surface area contributed by atoms with E-state index in [1.54, 1.807) is 12.2 Å². The topological polar surface area (TPSA) is 17.0 Å². The number of rotatable bonds is 9. The fraction of sp³-hybridized carbons (Fsp3) is 0.0870. The standard InChI is InChI=1S/C46H40N2S2/c1-3-5-7-15-29-46(40-22-13-11-17-34(40)31-35(26-28-44(46)50)47-30-6-4-2)45-37(21-16-24-43(45)49)33-25-27-39-38-20-12-14-23-41(38)48(42(39)32-33)36-18-9-8-10-19-36/h3-20,22-32,37,44,47,49-50H,1-2,21H2/b7-5-,28-26-,29-15-,30-6-,35-31+. The molecule has 0 fully saturated rings. The van der Waals surface area contributed by atoms with Crippen LogP contribution in [0, 0.1) is 0 Å². The van der Waals surface area contributed by atoms with Crippen molar-refractivity contribution in [2.45, 2.75) is 23.0 Å². The molecule has 0 spiro atoms. The molecule has 1 aromatic heterocycles. The molecule has 3 unspecified atom stereocenters. The lowest BCUT2D eigenvalue weighted by atomic mass is 9.62. The molecule has 0 radical (unpaired) electrons. The van der Waals surface area contributed by atoms with Crippen LogP contribution in [0.1, 0.15) is 29.0 Å². The van der Waals surface area contributed by atoms with Crippen LogP contribution in [0.25, 0.3) is 33.6 Å². The molecule has 2 nitrogen and oxygen atoms in total. The first-order chi connectivity index (χ1) is 24.6. The molecule has 2 aliphatic rings. The van der Waals surface area contributed by atoms with Crippen LogP contribution in [0.5, 0.6) is 0 Å². The van der Waals surface area contributed by atoms with E-state index in [1.165, 1.54) is 38.5 Å². The average Bonchev–Trinajstić information content (AvgIpc) is 3.48. The number of fused-ring (bicyclic) bond motifs is 4. The number of nitrogens with one attached hydrogen (secondary N) is 1. The van der Waals surface area contributed by atoms with E-state index < -0.39 is 5.41 Å². The number of benzene rings is 4. The van der Waals surface area contributed by atoms with E-state index in [4.69, 9.17) is 25.3 Å². The Labute approximate surface area is 306 Å². The molecule has 1 N–H and O–H groups in total. The van der Waals surface area contributed by atoms with E-state index in [-0.39, 0.29) is 11.2 Å². The first kappa shape index (κ1) is 33.3. The Kier molecular flexibility index (Phi) is 9.84. The van der Waals surface area contributed by atoms with Gasteiger partial charge >= 0.3 is 0 Å². The van der Waals surface area contributed by atoms with E-state index in [0.29, 0.717) is 0 Å². The Morgan fingerprint density at radius 3 is 2.38 bits per heavy atom. The summed E-state index contributed by atoms with van der Waals surface area (Å²) in [6.45, 7) is 7.71. The molecular weight excluding hydrogens is 645 g/mol. The summed E-state index contributed by atoms with van der Waals surface area (Å²) in [5.74, 6) is 0.0415. The lowest BCUT2D eigenvalue weighted by molar-refractivity contribution is 0.577. The third-order valence-corrected chi connectivity index (χ3v) is 10.6. The molecule has 3 atom stereocenters. The summed E-state index contributed by atoms with van der Waals surface area (Å²) in [6, 6.07) is 35.0. The third kappa shape index (κ3) is 6.10. The fourth-order valence-corrected chi connectivity index (χ4v) is 8.42. The maximum atomic E-state index is 5.45. The summed E-state index contributed by atoms with van der Waals surface area (Å²) in [7, 11) is 0. The molecule has 0 saturated carbocycles. The average molecular weight is 685 g/mol. The number of nitrogens with zero attached hydrogens (tertiary/aromatic N) is 1. The second kappa shape index (κ2) is 14.8. The molecule has 4 heteroatoms. The Morgan fingerprint density at radius 2 is 1.54 bits per heavy atom. The molecule has 246 valence electrons. The monoisotopic (exact) mass is 684 g/mol. The molecule has 2 aliphatic carbocycles. The molecule has 5 aromatic rings. The number of hydrogen-bond donors (Lipinski definition) is 3. The predicted molar refractivity (Wildman–Crippen MR) is 222 cm³/mol. The van der Waals surface area contributed by atoms with Gasteiger partial charge in [-0.1, -0.05) is 141 Å². The molecule has 50 heavy (non-hydrogen) atoms. The zero-order chi connectivity index (χ0) is 34.5. The minimum absolute atomic E-state index is 0.0415. The molecule has 0 aliphatic heterocycles. The quantitative estimate of drug-likeness (QED) is 0.104. The highest BCUT2D eigenvalue weighted by molar-refractivity contribution is 7.84. The highest BCUT2D eigenvalue weighted by atomic mass is 32.1. The molecule has 7 rings (SSSR count). The zero-order valence-corrected chi connectivity index (χ0v) is 29.6.